The number of halogens is 4. The minimum atomic E-state index is -4.77. The Morgan fingerprint density at radius 3 is 2.73 bits per heavy atom. The molecule has 0 unspecified atom stereocenters. The van der Waals surface area contributed by atoms with Gasteiger partial charge in [0, 0.05) is 22.4 Å². The number of nitrogens with one attached hydrogen (secondary N) is 1. The predicted octanol–water partition coefficient (Wildman–Crippen LogP) is 4.17. The Morgan fingerprint density at radius 2 is 2.00 bits per heavy atom. The van der Waals surface area contributed by atoms with Crippen molar-refractivity contribution in [2.45, 2.75) is 12.8 Å². The number of hydrogen-bond acceptors (Lipinski definition) is 2. The zero-order valence-corrected chi connectivity index (χ0v) is 11.8. The first-order valence-corrected chi connectivity index (χ1v) is 6.69. The average Bonchev–Trinajstić information content (AvgIpc) is 2.53. The monoisotopic (exact) mass is 327 g/mol. The second-order valence-corrected chi connectivity index (χ2v) is 5.21. The number of alkyl halides is 3. The molecule has 1 aromatic carbocycles. The molecule has 3 nitrogen and oxygen atoms in total. The van der Waals surface area contributed by atoms with Gasteiger partial charge in [0.25, 0.3) is 5.91 Å². The summed E-state index contributed by atoms with van der Waals surface area (Å²) in [6, 6.07) is 4.86. The van der Waals surface area contributed by atoms with Gasteiger partial charge in [0.15, 0.2) is 0 Å². The van der Waals surface area contributed by atoms with E-state index in [0.717, 1.165) is 6.08 Å². The van der Waals surface area contributed by atoms with E-state index in [1.807, 2.05) is 0 Å². The van der Waals surface area contributed by atoms with Crippen LogP contribution >= 0.6 is 11.6 Å². The lowest BCUT2D eigenvalue weighted by molar-refractivity contribution is -0.303. The number of ether oxygens (including phenoxy) is 1. The fraction of sp³-hybridized carbons (Fsp3) is 0.133. The van der Waals surface area contributed by atoms with Crippen LogP contribution in [-0.4, -0.2) is 12.3 Å². The molecule has 1 N–H and O–H groups in total. The maximum atomic E-state index is 12.3. The van der Waals surface area contributed by atoms with Crippen molar-refractivity contribution in [1.82, 2.24) is 5.32 Å². The van der Waals surface area contributed by atoms with Crippen LogP contribution in [0.1, 0.15) is 22.3 Å². The van der Waals surface area contributed by atoms with Crippen LogP contribution < -0.4 is 5.32 Å². The zero-order valence-electron chi connectivity index (χ0n) is 11.0. The fourth-order valence-electron chi connectivity index (χ4n) is 2.30. The average molecular weight is 328 g/mol. The number of rotatable bonds is 1. The molecule has 22 heavy (non-hydrogen) atoms. The van der Waals surface area contributed by atoms with E-state index in [9.17, 15) is 18.0 Å². The standard InChI is InChI=1S/C15H9ClF3NO2/c16-10-3-1-8-5-9-2-4-11(22-15(17,18)19)7-13(9)20-14(21)12(8)6-10/h1,3-7H,2H2,(H,20,21). The largest absolute Gasteiger partial charge is 0.573 e. The smallest absolute Gasteiger partial charge is 0.406 e. The van der Waals surface area contributed by atoms with Crippen molar-refractivity contribution in [3.05, 3.63) is 63.5 Å². The topological polar surface area (TPSA) is 38.3 Å². The van der Waals surface area contributed by atoms with Crippen molar-refractivity contribution in [2.24, 2.45) is 0 Å². The number of carbonyl (C=O) groups excluding carboxylic acids is 1. The van der Waals surface area contributed by atoms with Crippen LogP contribution in [0.3, 0.4) is 0 Å². The van der Waals surface area contributed by atoms with E-state index < -0.39 is 12.3 Å². The van der Waals surface area contributed by atoms with Gasteiger partial charge in [-0.15, -0.1) is 13.2 Å². The van der Waals surface area contributed by atoms with Crippen LogP contribution in [0.15, 0.2) is 47.4 Å². The van der Waals surface area contributed by atoms with E-state index >= 15 is 0 Å². The molecule has 0 radical (unpaired) electrons. The first kappa shape index (κ1) is 14.7. The Labute approximate surface area is 128 Å². The Kier molecular flexibility index (Phi) is 3.48. The molecule has 0 aromatic heterocycles. The minimum absolute atomic E-state index is 0.222. The molecule has 0 bridgehead atoms. The third-order valence-electron chi connectivity index (χ3n) is 3.23. The van der Waals surface area contributed by atoms with Gasteiger partial charge >= 0.3 is 6.36 Å². The Hall–Kier alpha value is -2.21. The number of amides is 1. The number of benzene rings is 1. The minimum Gasteiger partial charge on any atom is -0.406 e. The van der Waals surface area contributed by atoms with Gasteiger partial charge in [-0.25, -0.2) is 0 Å². The van der Waals surface area contributed by atoms with Crippen LogP contribution in [0.4, 0.5) is 13.2 Å². The number of carbonyl (C=O) groups is 1. The summed E-state index contributed by atoms with van der Waals surface area (Å²) in [5, 5.41) is 2.99. The van der Waals surface area contributed by atoms with Gasteiger partial charge in [-0.05, 0) is 41.8 Å². The van der Waals surface area contributed by atoms with Crippen molar-refractivity contribution in [2.75, 3.05) is 0 Å². The maximum Gasteiger partial charge on any atom is 0.573 e. The lowest BCUT2D eigenvalue weighted by Crippen LogP contribution is -2.24. The van der Waals surface area contributed by atoms with Crippen molar-refractivity contribution in [3.63, 3.8) is 0 Å². The van der Waals surface area contributed by atoms with E-state index in [0.29, 0.717) is 27.4 Å². The molecule has 1 aliphatic carbocycles. The second kappa shape index (κ2) is 5.21. The van der Waals surface area contributed by atoms with Gasteiger partial charge in [-0.2, -0.15) is 0 Å². The molecule has 2 aliphatic rings. The number of hydrogen-bond donors (Lipinski definition) is 1. The van der Waals surface area contributed by atoms with Crippen molar-refractivity contribution in [3.8, 4) is 0 Å². The normalized spacial score (nSPS) is 17.3. The van der Waals surface area contributed by atoms with Crippen LogP contribution in [-0.2, 0) is 4.74 Å². The van der Waals surface area contributed by atoms with Gasteiger partial charge in [0.2, 0.25) is 0 Å². The van der Waals surface area contributed by atoms with E-state index in [-0.39, 0.29) is 12.2 Å². The molecule has 114 valence electrons. The third kappa shape index (κ3) is 3.01. The van der Waals surface area contributed by atoms with Gasteiger partial charge in [-0.1, -0.05) is 17.7 Å². The first-order chi connectivity index (χ1) is 10.3. The molecule has 0 atom stereocenters. The molecule has 1 amide bonds. The van der Waals surface area contributed by atoms with Gasteiger partial charge in [0.1, 0.15) is 5.76 Å². The zero-order chi connectivity index (χ0) is 15.9. The van der Waals surface area contributed by atoms with E-state index in [1.54, 1.807) is 18.2 Å². The summed E-state index contributed by atoms with van der Waals surface area (Å²) in [4.78, 5) is 12.2. The summed E-state index contributed by atoms with van der Waals surface area (Å²) in [5.41, 5.74) is 2.02. The van der Waals surface area contributed by atoms with Crippen molar-refractivity contribution >= 4 is 23.6 Å². The quantitative estimate of drug-likeness (QED) is 0.840. The molecule has 1 heterocycles. The SMILES string of the molecule is O=C1NC2=CC(OC(F)(F)F)=CCC2=Cc2ccc(Cl)cc21. The second-order valence-electron chi connectivity index (χ2n) is 4.77. The van der Waals surface area contributed by atoms with Gasteiger partial charge < -0.3 is 10.1 Å². The van der Waals surface area contributed by atoms with Crippen LogP contribution in [0.25, 0.3) is 6.08 Å². The number of fused-ring (bicyclic) bond motifs is 2. The lowest BCUT2D eigenvalue weighted by atomic mass is 10.00. The van der Waals surface area contributed by atoms with E-state index in [1.165, 1.54) is 12.1 Å². The molecule has 0 saturated heterocycles. The molecule has 1 aliphatic heterocycles. The molecule has 3 rings (SSSR count). The van der Waals surface area contributed by atoms with Gasteiger partial charge in [-0.3, -0.25) is 4.79 Å². The summed E-state index contributed by atoms with van der Waals surface area (Å²) < 4.78 is 40.7. The molecular weight excluding hydrogens is 319 g/mol. The van der Waals surface area contributed by atoms with Crippen molar-refractivity contribution < 1.29 is 22.7 Å². The number of allylic oxidation sites excluding steroid dienone is 3. The van der Waals surface area contributed by atoms with E-state index in [2.05, 4.69) is 10.1 Å². The summed E-state index contributed by atoms with van der Waals surface area (Å²) in [6.45, 7) is 0. The highest BCUT2D eigenvalue weighted by atomic mass is 35.5. The highest BCUT2D eigenvalue weighted by Gasteiger charge is 2.33. The Bertz CT molecular complexity index is 748. The van der Waals surface area contributed by atoms with Crippen LogP contribution in [0.5, 0.6) is 0 Å². The fourth-order valence-corrected chi connectivity index (χ4v) is 2.47. The predicted molar refractivity (Wildman–Crippen MR) is 74.8 cm³/mol. The highest BCUT2D eigenvalue weighted by molar-refractivity contribution is 6.31. The van der Waals surface area contributed by atoms with Crippen LogP contribution in [0.2, 0.25) is 5.02 Å². The molecule has 7 heteroatoms. The lowest BCUT2D eigenvalue weighted by Gasteiger charge is -2.17. The Morgan fingerprint density at radius 1 is 1.23 bits per heavy atom. The van der Waals surface area contributed by atoms with Gasteiger partial charge in [0.05, 0.1) is 0 Å². The first-order valence-electron chi connectivity index (χ1n) is 6.31. The summed E-state index contributed by atoms with van der Waals surface area (Å²) in [7, 11) is 0. The summed E-state index contributed by atoms with van der Waals surface area (Å²) in [6.07, 6.45) is -0.324. The van der Waals surface area contributed by atoms with Crippen molar-refractivity contribution in [1.29, 1.82) is 0 Å². The maximum absolute atomic E-state index is 12.3. The summed E-state index contributed by atoms with van der Waals surface area (Å²) in [5.74, 6) is -0.771. The summed E-state index contributed by atoms with van der Waals surface area (Å²) >= 11 is 5.87. The molecule has 1 aromatic rings. The molecule has 0 saturated carbocycles. The molecular formula is C15H9ClF3NO2. The van der Waals surface area contributed by atoms with E-state index in [4.69, 9.17) is 11.6 Å². The van der Waals surface area contributed by atoms with Crippen LogP contribution in [0, 0.1) is 0 Å². The molecule has 0 spiro atoms. The molecule has 0 fully saturated rings. The Balaban J connectivity index is 1.97. The third-order valence-corrected chi connectivity index (χ3v) is 3.46. The highest BCUT2D eigenvalue weighted by Crippen LogP contribution is 2.31.